The van der Waals surface area contributed by atoms with Crippen molar-refractivity contribution < 1.29 is 18.0 Å². The lowest BCUT2D eigenvalue weighted by atomic mass is 10.2. The van der Waals surface area contributed by atoms with Crippen molar-refractivity contribution in [3.05, 3.63) is 35.9 Å². The Morgan fingerprint density at radius 2 is 1.96 bits per heavy atom. The Morgan fingerprint density at radius 3 is 2.61 bits per heavy atom. The van der Waals surface area contributed by atoms with Crippen molar-refractivity contribution >= 4 is 35.1 Å². The first-order valence-electron chi connectivity index (χ1n) is 6.24. The molecule has 0 saturated heterocycles. The van der Waals surface area contributed by atoms with Crippen molar-refractivity contribution in [2.75, 3.05) is 22.5 Å². The minimum Gasteiger partial charge on any atom is -0.383 e. The van der Waals surface area contributed by atoms with Crippen molar-refractivity contribution in [1.82, 2.24) is 9.97 Å². The lowest BCUT2D eigenvalue weighted by Crippen LogP contribution is -2.15. The van der Waals surface area contributed by atoms with Crippen LogP contribution in [-0.4, -0.2) is 21.6 Å². The van der Waals surface area contributed by atoms with E-state index in [1.807, 2.05) is 0 Å². The molecule has 0 radical (unpaired) electrons. The van der Waals surface area contributed by atoms with Crippen LogP contribution >= 0.6 is 11.8 Å². The van der Waals surface area contributed by atoms with Crippen LogP contribution in [0, 0.1) is 0 Å². The summed E-state index contributed by atoms with van der Waals surface area (Å²) in [4.78, 5) is 19.4. The van der Waals surface area contributed by atoms with Gasteiger partial charge in [0.1, 0.15) is 10.8 Å². The summed E-state index contributed by atoms with van der Waals surface area (Å²) in [5.74, 6) is -0.402. The molecule has 1 aromatic heterocycles. The highest BCUT2D eigenvalue weighted by Gasteiger charge is 2.30. The monoisotopic (exact) mass is 343 g/mol. The highest BCUT2D eigenvalue weighted by atomic mass is 32.2. The molecule has 1 amide bonds. The Balaban J connectivity index is 1.97. The number of carbonyl (C=O) groups excluding carboxylic acids is 1. The fourth-order valence-electron chi connectivity index (χ4n) is 1.65. The molecule has 0 fully saturated rings. The van der Waals surface area contributed by atoms with E-state index < -0.39 is 17.6 Å². The third-order valence-electron chi connectivity index (χ3n) is 2.56. The summed E-state index contributed by atoms with van der Waals surface area (Å²) in [5.41, 5.74) is 10.1. The van der Waals surface area contributed by atoms with Gasteiger partial charge in [-0.2, -0.15) is 18.2 Å². The van der Waals surface area contributed by atoms with Gasteiger partial charge in [-0.25, -0.2) is 4.98 Å². The molecule has 2 aromatic rings. The van der Waals surface area contributed by atoms with Gasteiger partial charge in [0, 0.05) is 11.8 Å². The SMILES string of the molecule is Nc1cc(SCC(=O)Nc2cccc(C(F)(F)F)c2)nc(N)n1. The summed E-state index contributed by atoms with van der Waals surface area (Å²) in [6.07, 6.45) is -4.47. The molecule has 1 heterocycles. The molecule has 0 saturated carbocycles. The third kappa shape index (κ3) is 5.02. The van der Waals surface area contributed by atoms with E-state index in [1.165, 1.54) is 18.2 Å². The van der Waals surface area contributed by atoms with Gasteiger partial charge in [-0.1, -0.05) is 17.8 Å². The summed E-state index contributed by atoms with van der Waals surface area (Å²) in [6, 6.07) is 5.83. The summed E-state index contributed by atoms with van der Waals surface area (Å²) >= 11 is 1.04. The molecule has 23 heavy (non-hydrogen) atoms. The van der Waals surface area contributed by atoms with Gasteiger partial charge in [-0.15, -0.1) is 0 Å². The molecule has 122 valence electrons. The predicted molar refractivity (Wildman–Crippen MR) is 81.7 cm³/mol. The van der Waals surface area contributed by atoms with Crippen LogP contribution in [0.4, 0.5) is 30.6 Å². The molecule has 2 rings (SSSR count). The summed E-state index contributed by atoms with van der Waals surface area (Å²) in [6.45, 7) is 0. The minimum atomic E-state index is -4.47. The van der Waals surface area contributed by atoms with Gasteiger partial charge in [-0.3, -0.25) is 4.79 Å². The second-order valence-electron chi connectivity index (χ2n) is 4.40. The highest BCUT2D eigenvalue weighted by Crippen LogP contribution is 2.30. The molecule has 10 heteroatoms. The van der Waals surface area contributed by atoms with E-state index in [0.717, 1.165) is 23.9 Å². The van der Waals surface area contributed by atoms with Crippen LogP contribution in [0.2, 0.25) is 0 Å². The molecule has 5 N–H and O–H groups in total. The van der Waals surface area contributed by atoms with E-state index in [1.54, 1.807) is 0 Å². The van der Waals surface area contributed by atoms with Crippen molar-refractivity contribution in [3.8, 4) is 0 Å². The predicted octanol–water partition coefficient (Wildman–Crippen LogP) is 2.39. The number of nitrogen functional groups attached to an aromatic ring is 2. The number of rotatable bonds is 4. The standard InChI is InChI=1S/C13H12F3N5OS/c14-13(15,16)7-2-1-3-8(4-7)19-10(22)6-23-11-5-9(17)20-12(18)21-11/h1-5H,6H2,(H,19,22)(H4,17,18,20,21). The average molecular weight is 343 g/mol. The number of alkyl halides is 3. The van der Waals surface area contributed by atoms with Crippen LogP contribution < -0.4 is 16.8 Å². The Hall–Kier alpha value is -2.49. The molecule has 0 aliphatic rings. The number of amides is 1. The van der Waals surface area contributed by atoms with Crippen molar-refractivity contribution in [2.24, 2.45) is 0 Å². The molecule has 1 aromatic carbocycles. The zero-order valence-electron chi connectivity index (χ0n) is 11.6. The van der Waals surface area contributed by atoms with E-state index in [9.17, 15) is 18.0 Å². The molecular weight excluding hydrogens is 331 g/mol. The number of nitrogens with one attached hydrogen (secondary N) is 1. The number of thioether (sulfide) groups is 1. The van der Waals surface area contributed by atoms with Crippen LogP contribution in [-0.2, 0) is 11.0 Å². The first-order chi connectivity index (χ1) is 10.7. The zero-order valence-corrected chi connectivity index (χ0v) is 12.4. The molecule has 0 bridgehead atoms. The van der Waals surface area contributed by atoms with Gasteiger partial charge in [0.25, 0.3) is 0 Å². The van der Waals surface area contributed by atoms with E-state index >= 15 is 0 Å². The molecule has 0 spiro atoms. The molecular formula is C13H12F3N5OS. The summed E-state index contributed by atoms with van der Waals surface area (Å²) in [7, 11) is 0. The third-order valence-corrected chi connectivity index (χ3v) is 3.48. The van der Waals surface area contributed by atoms with E-state index in [-0.39, 0.29) is 23.2 Å². The fourth-order valence-corrected chi connectivity index (χ4v) is 2.36. The second kappa shape index (κ2) is 6.73. The van der Waals surface area contributed by atoms with Gasteiger partial charge < -0.3 is 16.8 Å². The summed E-state index contributed by atoms with van der Waals surface area (Å²) < 4.78 is 37.8. The van der Waals surface area contributed by atoms with Gasteiger partial charge in [0.15, 0.2) is 0 Å². The smallest absolute Gasteiger partial charge is 0.383 e. The van der Waals surface area contributed by atoms with Crippen molar-refractivity contribution in [2.45, 2.75) is 11.2 Å². The number of benzene rings is 1. The molecule has 0 aliphatic heterocycles. The van der Waals surface area contributed by atoms with Gasteiger partial charge in [0.05, 0.1) is 11.3 Å². The maximum Gasteiger partial charge on any atom is 0.416 e. The van der Waals surface area contributed by atoms with Gasteiger partial charge >= 0.3 is 6.18 Å². The van der Waals surface area contributed by atoms with E-state index in [0.29, 0.717) is 5.03 Å². The fraction of sp³-hybridized carbons (Fsp3) is 0.154. The Morgan fingerprint density at radius 1 is 1.22 bits per heavy atom. The number of halogens is 3. The number of aromatic nitrogens is 2. The lowest BCUT2D eigenvalue weighted by Gasteiger charge is -2.09. The number of hydrogen-bond acceptors (Lipinski definition) is 6. The van der Waals surface area contributed by atoms with Crippen molar-refractivity contribution in [1.29, 1.82) is 0 Å². The topological polar surface area (TPSA) is 107 Å². The molecule has 0 unspecified atom stereocenters. The number of nitrogens with zero attached hydrogens (tertiary/aromatic N) is 2. The minimum absolute atomic E-state index is 0.0224. The van der Waals surface area contributed by atoms with E-state index in [4.69, 9.17) is 11.5 Å². The van der Waals surface area contributed by atoms with Crippen molar-refractivity contribution in [3.63, 3.8) is 0 Å². The van der Waals surface area contributed by atoms with Gasteiger partial charge in [-0.05, 0) is 18.2 Å². The highest BCUT2D eigenvalue weighted by molar-refractivity contribution is 7.99. The molecule has 6 nitrogen and oxygen atoms in total. The quantitative estimate of drug-likeness (QED) is 0.581. The number of hydrogen-bond donors (Lipinski definition) is 3. The average Bonchev–Trinajstić information content (AvgIpc) is 2.43. The maximum absolute atomic E-state index is 12.6. The molecule has 0 aliphatic carbocycles. The Labute approximate surface area is 133 Å². The van der Waals surface area contributed by atoms with Crippen LogP contribution in [0.25, 0.3) is 0 Å². The lowest BCUT2D eigenvalue weighted by molar-refractivity contribution is -0.137. The number of anilines is 3. The Kier molecular flexibility index (Phi) is 4.94. The van der Waals surface area contributed by atoms with Crippen LogP contribution in [0.1, 0.15) is 5.56 Å². The molecule has 0 atom stereocenters. The van der Waals surface area contributed by atoms with Crippen LogP contribution in [0.15, 0.2) is 35.4 Å². The normalized spacial score (nSPS) is 11.3. The second-order valence-corrected chi connectivity index (χ2v) is 5.40. The first-order valence-corrected chi connectivity index (χ1v) is 7.22. The Bertz CT molecular complexity index is 703. The van der Waals surface area contributed by atoms with Crippen LogP contribution in [0.3, 0.4) is 0 Å². The maximum atomic E-state index is 12.6. The number of nitrogens with two attached hydrogens (primary N) is 2. The largest absolute Gasteiger partial charge is 0.416 e. The van der Waals surface area contributed by atoms with Gasteiger partial charge in [0.2, 0.25) is 11.9 Å². The number of carbonyl (C=O) groups is 1. The summed E-state index contributed by atoms with van der Waals surface area (Å²) in [5, 5.41) is 2.79. The first kappa shape index (κ1) is 16.9. The van der Waals surface area contributed by atoms with Crippen LogP contribution in [0.5, 0.6) is 0 Å². The zero-order chi connectivity index (χ0) is 17.0. The van der Waals surface area contributed by atoms with E-state index in [2.05, 4.69) is 15.3 Å².